The molecule has 0 saturated heterocycles. The van der Waals surface area contributed by atoms with Gasteiger partial charge in [0.25, 0.3) is 0 Å². The molecule has 2 aliphatic rings. The van der Waals surface area contributed by atoms with E-state index >= 15 is 0 Å². The normalized spacial score (nSPS) is 36.3. The van der Waals surface area contributed by atoms with Gasteiger partial charge in [-0.2, -0.15) is 0 Å². The van der Waals surface area contributed by atoms with Crippen LogP contribution >= 0.6 is 0 Å². The minimum Gasteiger partial charge on any atom is -0.0876 e. The van der Waals surface area contributed by atoms with Crippen molar-refractivity contribution < 1.29 is 0 Å². The fourth-order valence-electron chi connectivity index (χ4n) is 3.63. The van der Waals surface area contributed by atoms with Crippen molar-refractivity contribution in [3.63, 3.8) is 0 Å². The molecule has 1 fully saturated rings. The highest BCUT2D eigenvalue weighted by molar-refractivity contribution is 5.36. The van der Waals surface area contributed by atoms with Crippen LogP contribution in [0.4, 0.5) is 0 Å². The van der Waals surface area contributed by atoms with Gasteiger partial charge in [0.05, 0.1) is 0 Å². The van der Waals surface area contributed by atoms with Gasteiger partial charge in [-0.05, 0) is 50.9 Å². The summed E-state index contributed by atoms with van der Waals surface area (Å²) in [6.07, 6.45) is 16.2. The van der Waals surface area contributed by atoms with Crippen LogP contribution in [0.5, 0.6) is 0 Å². The molecule has 0 aromatic carbocycles. The molecule has 0 aromatic rings. The minimum atomic E-state index is 0.805. The van der Waals surface area contributed by atoms with E-state index in [1.807, 2.05) is 0 Å². The number of fused-ring (bicyclic) bond motifs is 1. The number of hydrogen-bond acceptors (Lipinski definition) is 0. The third-order valence-corrected chi connectivity index (χ3v) is 5.09. The first-order chi connectivity index (χ1) is 8.76. The van der Waals surface area contributed by atoms with E-state index in [2.05, 4.69) is 32.9 Å². The quantitative estimate of drug-likeness (QED) is 0.506. The molecule has 3 atom stereocenters. The van der Waals surface area contributed by atoms with E-state index in [0.717, 1.165) is 17.8 Å². The van der Waals surface area contributed by atoms with Crippen LogP contribution in [0.3, 0.4) is 0 Å². The lowest BCUT2D eigenvalue weighted by Crippen LogP contribution is -2.07. The van der Waals surface area contributed by atoms with Crippen molar-refractivity contribution in [1.29, 1.82) is 0 Å². The molecule has 0 N–H and O–H groups in total. The average Bonchev–Trinajstić information content (AvgIpc) is 3.11. The Kier molecular flexibility index (Phi) is 5.09. The highest BCUT2D eigenvalue weighted by atomic mass is 14.4. The third kappa shape index (κ3) is 3.49. The van der Waals surface area contributed by atoms with Gasteiger partial charge in [0, 0.05) is 5.92 Å². The summed E-state index contributed by atoms with van der Waals surface area (Å²) in [5.74, 6) is 2.62. The minimum absolute atomic E-state index is 0.805. The summed E-state index contributed by atoms with van der Waals surface area (Å²) in [6.45, 7) is 7.06. The summed E-state index contributed by atoms with van der Waals surface area (Å²) in [4.78, 5) is 0. The Labute approximate surface area is 114 Å². The Morgan fingerprint density at radius 3 is 2.78 bits per heavy atom. The van der Waals surface area contributed by atoms with Crippen LogP contribution in [0.2, 0.25) is 0 Å². The van der Waals surface area contributed by atoms with Gasteiger partial charge in [-0.25, -0.2) is 0 Å². The van der Waals surface area contributed by atoms with E-state index in [0.29, 0.717) is 0 Å². The molecule has 18 heavy (non-hydrogen) atoms. The van der Waals surface area contributed by atoms with Gasteiger partial charge in [0.15, 0.2) is 0 Å². The maximum Gasteiger partial charge on any atom is 0.00472 e. The molecule has 2 aliphatic carbocycles. The Balaban J connectivity index is 2.03. The van der Waals surface area contributed by atoms with E-state index in [1.54, 1.807) is 11.1 Å². The topological polar surface area (TPSA) is 0 Å². The van der Waals surface area contributed by atoms with Crippen LogP contribution in [-0.2, 0) is 0 Å². The SMILES string of the molecule is CC=C1C(C)CCC(CC)CCCCC=C2CC21. The smallest absolute Gasteiger partial charge is 0.00472 e. The van der Waals surface area contributed by atoms with E-state index in [9.17, 15) is 0 Å². The summed E-state index contributed by atoms with van der Waals surface area (Å²) in [7, 11) is 0. The Morgan fingerprint density at radius 2 is 2.06 bits per heavy atom. The molecule has 0 bridgehead atoms. The predicted octanol–water partition coefficient (Wildman–Crippen LogP) is 5.90. The van der Waals surface area contributed by atoms with Crippen molar-refractivity contribution in [2.45, 2.75) is 72.1 Å². The number of rotatable bonds is 1. The lowest BCUT2D eigenvalue weighted by Gasteiger charge is -2.20. The van der Waals surface area contributed by atoms with Crippen LogP contribution in [0.15, 0.2) is 23.3 Å². The highest BCUT2D eigenvalue weighted by Crippen LogP contribution is 2.47. The first-order valence-electron chi connectivity index (χ1n) is 8.11. The fraction of sp³-hybridized carbons (Fsp3) is 0.778. The van der Waals surface area contributed by atoms with Crippen LogP contribution in [-0.4, -0.2) is 0 Å². The first kappa shape index (κ1) is 13.9. The lowest BCUT2D eigenvalue weighted by atomic mass is 9.85. The Morgan fingerprint density at radius 1 is 1.22 bits per heavy atom. The zero-order valence-corrected chi connectivity index (χ0v) is 12.5. The van der Waals surface area contributed by atoms with Crippen molar-refractivity contribution in [3.8, 4) is 0 Å². The van der Waals surface area contributed by atoms with Gasteiger partial charge in [-0.15, -0.1) is 0 Å². The molecular formula is C18H30. The summed E-state index contributed by atoms with van der Waals surface area (Å²) >= 11 is 0. The predicted molar refractivity (Wildman–Crippen MR) is 80.6 cm³/mol. The average molecular weight is 246 g/mol. The highest BCUT2D eigenvalue weighted by Gasteiger charge is 2.34. The summed E-state index contributed by atoms with van der Waals surface area (Å²) < 4.78 is 0. The van der Waals surface area contributed by atoms with Crippen LogP contribution in [0.1, 0.15) is 72.1 Å². The summed E-state index contributed by atoms with van der Waals surface area (Å²) in [5.41, 5.74) is 3.47. The van der Waals surface area contributed by atoms with Gasteiger partial charge in [-0.3, -0.25) is 0 Å². The second-order valence-electron chi connectivity index (χ2n) is 6.36. The first-order valence-corrected chi connectivity index (χ1v) is 8.11. The molecule has 0 aromatic heterocycles. The molecule has 0 aliphatic heterocycles. The van der Waals surface area contributed by atoms with Gasteiger partial charge in [-0.1, -0.05) is 56.4 Å². The van der Waals surface area contributed by atoms with Gasteiger partial charge >= 0.3 is 0 Å². The van der Waals surface area contributed by atoms with Crippen LogP contribution in [0, 0.1) is 17.8 Å². The van der Waals surface area contributed by atoms with Crippen molar-refractivity contribution in [2.75, 3.05) is 0 Å². The van der Waals surface area contributed by atoms with Gasteiger partial charge in [0.1, 0.15) is 0 Å². The molecular weight excluding hydrogens is 216 g/mol. The van der Waals surface area contributed by atoms with Crippen LogP contribution < -0.4 is 0 Å². The zero-order chi connectivity index (χ0) is 13.0. The molecule has 0 nitrogen and oxygen atoms in total. The Hall–Kier alpha value is -0.520. The molecule has 1 saturated carbocycles. The largest absolute Gasteiger partial charge is 0.0876 e. The second kappa shape index (κ2) is 6.59. The standard InChI is InChI=1S/C18H30/c1-4-15-9-7-6-8-10-16-13-18(16)17(5-2)14(3)11-12-15/h5,10,14-15,18H,4,6-9,11-13H2,1-3H3. The van der Waals surface area contributed by atoms with Crippen molar-refractivity contribution in [2.24, 2.45) is 17.8 Å². The van der Waals surface area contributed by atoms with Crippen molar-refractivity contribution in [1.82, 2.24) is 0 Å². The summed E-state index contributed by atoms with van der Waals surface area (Å²) in [6, 6.07) is 0. The lowest BCUT2D eigenvalue weighted by molar-refractivity contribution is 0.380. The van der Waals surface area contributed by atoms with Gasteiger partial charge < -0.3 is 0 Å². The van der Waals surface area contributed by atoms with E-state index in [1.165, 1.54) is 51.4 Å². The molecule has 3 unspecified atom stereocenters. The van der Waals surface area contributed by atoms with Crippen molar-refractivity contribution in [3.05, 3.63) is 23.3 Å². The molecule has 0 spiro atoms. The number of allylic oxidation sites excluding steroid dienone is 4. The van der Waals surface area contributed by atoms with E-state index < -0.39 is 0 Å². The molecule has 102 valence electrons. The van der Waals surface area contributed by atoms with E-state index in [-0.39, 0.29) is 0 Å². The molecule has 0 radical (unpaired) electrons. The fourth-order valence-corrected chi connectivity index (χ4v) is 3.63. The van der Waals surface area contributed by atoms with Gasteiger partial charge in [0.2, 0.25) is 0 Å². The summed E-state index contributed by atoms with van der Waals surface area (Å²) in [5, 5.41) is 0. The monoisotopic (exact) mass is 246 g/mol. The number of hydrogen-bond donors (Lipinski definition) is 0. The second-order valence-corrected chi connectivity index (χ2v) is 6.36. The van der Waals surface area contributed by atoms with E-state index in [4.69, 9.17) is 0 Å². The third-order valence-electron chi connectivity index (χ3n) is 5.09. The Bertz CT molecular complexity index is 321. The van der Waals surface area contributed by atoms with Crippen LogP contribution in [0.25, 0.3) is 0 Å². The molecule has 2 rings (SSSR count). The maximum atomic E-state index is 2.55. The zero-order valence-electron chi connectivity index (χ0n) is 12.5. The molecule has 0 amide bonds. The molecule has 0 heterocycles. The maximum absolute atomic E-state index is 2.55. The molecule has 0 heteroatoms. The van der Waals surface area contributed by atoms with Crippen molar-refractivity contribution >= 4 is 0 Å².